The zero-order valence-electron chi connectivity index (χ0n) is 10.2. The zero-order chi connectivity index (χ0) is 13.0. The van der Waals surface area contributed by atoms with Gasteiger partial charge in [-0.1, -0.05) is 28.1 Å². The Labute approximate surface area is 116 Å². The molecule has 0 fully saturated rings. The maximum absolute atomic E-state index is 5.68. The van der Waals surface area contributed by atoms with Gasteiger partial charge in [-0.2, -0.15) is 0 Å². The molecule has 0 radical (unpaired) electrons. The zero-order valence-corrected chi connectivity index (χ0v) is 11.8. The molecule has 2 rings (SSSR count). The van der Waals surface area contributed by atoms with E-state index in [0.29, 0.717) is 0 Å². The molecule has 0 amide bonds. The van der Waals surface area contributed by atoms with Crippen LogP contribution in [0.1, 0.15) is 22.7 Å². The summed E-state index contributed by atoms with van der Waals surface area (Å²) in [5.41, 5.74) is 6.46. The first-order chi connectivity index (χ1) is 8.70. The molecular formula is C14H16BrN3. The summed E-state index contributed by atoms with van der Waals surface area (Å²) in [6, 6.07) is 10.4. The number of pyridine rings is 1. The second-order valence-corrected chi connectivity index (χ2v) is 5.20. The number of nitrogens with zero attached hydrogens (tertiary/aromatic N) is 1. The van der Waals surface area contributed by atoms with E-state index in [-0.39, 0.29) is 6.04 Å². The summed E-state index contributed by atoms with van der Waals surface area (Å²) in [7, 11) is 0. The van der Waals surface area contributed by atoms with Gasteiger partial charge in [0.2, 0.25) is 0 Å². The van der Waals surface area contributed by atoms with E-state index in [1.165, 1.54) is 11.1 Å². The second kappa shape index (κ2) is 6.09. The van der Waals surface area contributed by atoms with Crippen molar-refractivity contribution in [1.82, 2.24) is 10.4 Å². The van der Waals surface area contributed by atoms with E-state index in [2.05, 4.69) is 38.5 Å². The lowest BCUT2D eigenvalue weighted by Crippen LogP contribution is -2.30. The van der Waals surface area contributed by atoms with Crippen molar-refractivity contribution in [3.8, 4) is 0 Å². The van der Waals surface area contributed by atoms with Crippen LogP contribution in [0.4, 0.5) is 0 Å². The SMILES string of the molecule is Cc1cnccc1C(Cc1cccc(Br)c1)NN. The monoisotopic (exact) mass is 305 g/mol. The highest BCUT2D eigenvalue weighted by atomic mass is 79.9. The van der Waals surface area contributed by atoms with Gasteiger partial charge in [-0.3, -0.25) is 16.3 Å². The second-order valence-electron chi connectivity index (χ2n) is 4.29. The molecule has 0 saturated heterocycles. The predicted octanol–water partition coefficient (Wildman–Crippen LogP) is 2.90. The Balaban J connectivity index is 2.23. The number of halogens is 1. The molecule has 1 heterocycles. The van der Waals surface area contributed by atoms with Gasteiger partial charge in [-0.05, 0) is 48.2 Å². The first-order valence-corrected chi connectivity index (χ1v) is 6.61. The molecule has 1 unspecified atom stereocenters. The van der Waals surface area contributed by atoms with E-state index in [1.54, 1.807) is 6.20 Å². The van der Waals surface area contributed by atoms with E-state index in [9.17, 15) is 0 Å². The van der Waals surface area contributed by atoms with E-state index in [4.69, 9.17) is 5.84 Å². The molecule has 0 saturated carbocycles. The Kier molecular flexibility index (Phi) is 4.47. The molecule has 1 atom stereocenters. The van der Waals surface area contributed by atoms with Crippen LogP contribution in [0.5, 0.6) is 0 Å². The number of hydrogen-bond donors (Lipinski definition) is 2. The van der Waals surface area contributed by atoms with Crippen molar-refractivity contribution in [2.24, 2.45) is 5.84 Å². The van der Waals surface area contributed by atoms with E-state index in [0.717, 1.165) is 16.5 Å². The van der Waals surface area contributed by atoms with Crippen LogP contribution in [0.15, 0.2) is 47.2 Å². The van der Waals surface area contributed by atoms with Crippen LogP contribution in [-0.2, 0) is 6.42 Å². The van der Waals surface area contributed by atoms with Crippen molar-refractivity contribution >= 4 is 15.9 Å². The summed E-state index contributed by atoms with van der Waals surface area (Å²) in [6.45, 7) is 2.05. The van der Waals surface area contributed by atoms with Gasteiger partial charge in [0, 0.05) is 16.9 Å². The molecule has 94 valence electrons. The van der Waals surface area contributed by atoms with Gasteiger partial charge in [0.05, 0.1) is 6.04 Å². The maximum Gasteiger partial charge on any atom is 0.0504 e. The Morgan fingerprint density at radius 2 is 2.22 bits per heavy atom. The molecule has 1 aromatic carbocycles. The molecule has 0 spiro atoms. The maximum atomic E-state index is 5.68. The third kappa shape index (κ3) is 3.16. The van der Waals surface area contributed by atoms with Crippen molar-refractivity contribution in [2.45, 2.75) is 19.4 Å². The summed E-state index contributed by atoms with van der Waals surface area (Å²) >= 11 is 3.48. The van der Waals surface area contributed by atoms with Crippen LogP contribution < -0.4 is 11.3 Å². The smallest absolute Gasteiger partial charge is 0.0504 e. The fraction of sp³-hybridized carbons (Fsp3) is 0.214. The number of aryl methyl sites for hydroxylation is 1. The first-order valence-electron chi connectivity index (χ1n) is 5.82. The normalized spacial score (nSPS) is 12.4. The van der Waals surface area contributed by atoms with Crippen LogP contribution in [0.2, 0.25) is 0 Å². The van der Waals surface area contributed by atoms with Crippen molar-refractivity contribution in [3.63, 3.8) is 0 Å². The highest BCUT2D eigenvalue weighted by Gasteiger charge is 2.12. The molecule has 0 aliphatic rings. The molecular weight excluding hydrogens is 290 g/mol. The highest BCUT2D eigenvalue weighted by molar-refractivity contribution is 9.10. The van der Waals surface area contributed by atoms with Crippen LogP contribution in [0.25, 0.3) is 0 Å². The van der Waals surface area contributed by atoms with Crippen LogP contribution >= 0.6 is 15.9 Å². The van der Waals surface area contributed by atoms with Crippen molar-refractivity contribution < 1.29 is 0 Å². The molecule has 3 nitrogen and oxygen atoms in total. The third-order valence-corrected chi connectivity index (χ3v) is 3.46. The van der Waals surface area contributed by atoms with Gasteiger partial charge in [-0.25, -0.2) is 0 Å². The first kappa shape index (κ1) is 13.2. The number of hydrogen-bond acceptors (Lipinski definition) is 3. The lowest BCUT2D eigenvalue weighted by Gasteiger charge is -2.18. The molecule has 18 heavy (non-hydrogen) atoms. The Bertz CT molecular complexity index is 528. The Hall–Kier alpha value is -1.23. The number of nitrogens with two attached hydrogens (primary N) is 1. The summed E-state index contributed by atoms with van der Waals surface area (Å²) in [6.07, 6.45) is 4.51. The minimum Gasteiger partial charge on any atom is -0.271 e. The lowest BCUT2D eigenvalue weighted by atomic mass is 9.97. The quantitative estimate of drug-likeness (QED) is 0.674. The van der Waals surface area contributed by atoms with Gasteiger partial charge in [0.25, 0.3) is 0 Å². The minimum atomic E-state index is 0.0994. The van der Waals surface area contributed by atoms with Crippen LogP contribution in [-0.4, -0.2) is 4.98 Å². The molecule has 3 N–H and O–H groups in total. The van der Waals surface area contributed by atoms with Gasteiger partial charge < -0.3 is 0 Å². The van der Waals surface area contributed by atoms with Crippen molar-refractivity contribution in [3.05, 3.63) is 63.9 Å². The number of aromatic nitrogens is 1. The molecule has 4 heteroatoms. The topological polar surface area (TPSA) is 50.9 Å². The van der Waals surface area contributed by atoms with E-state index >= 15 is 0 Å². The number of hydrazine groups is 1. The molecule has 2 aromatic rings. The standard InChI is InChI=1S/C14H16BrN3/c1-10-9-17-6-5-13(10)14(18-16)8-11-3-2-4-12(15)7-11/h2-7,9,14,18H,8,16H2,1H3. The van der Waals surface area contributed by atoms with Crippen molar-refractivity contribution in [2.75, 3.05) is 0 Å². The fourth-order valence-electron chi connectivity index (χ4n) is 2.03. The third-order valence-electron chi connectivity index (χ3n) is 2.97. The molecule has 0 aliphatic heterocycles. The van der Waals surface area contributed by atoms with Crippen molar-refractivity contribution in [1.29, 1.82) is 0 Å². The van der Waals surface area contributed by atoms with Gasteiger partial charge in [0.1, 0.15) is 0 Å². The number of rotatable bonds is 4. The Morgan fingerprint density at radius 3 is 2.89 bits per heavy atom. The van der Waals surface area contributed by atoms with Gasteiger partial charge in [0.15, 0.2) is 0 Å². The molecule has 0 aliphatic carbocycles. The van der Waals surface area contributed by atoms with E-state index < -0.39 is 0 Å². The highest BCUT2D eigenvalue weighted by Crippen LogP contribution is 2.21. The predicted molar refractivity (Wildman–Crippen MR) is 76.9 cm³/mol. The summed E-state index contributed by atoms with van der Waals surface area (Å²) < 4.78 is 1.09. The van der Waals surface area contributed by atoms with Gasteiger partial charge >= 0.3 is 0 Å². The average molecular weight is 306 g/mol. The molecule has 0 bridgehead atoms. The largest absolute Gasteiger partial charge is 0.271 e. The van der Waals surface area contributed by atoms with E-state index in [1.807, 2.05) is 31.3 Å². The van der Waals surface area contributed by atoms with Crippen LogP contribution in [0, 0.1) is 6.92 Å². The average Bonchev–Trinajstić information content (AvgIpc) is 2.37. The summed E-state index contributed by atoms with van der Waals surface area (Å²) in [4.78, 5) is 4.11. The van der Waals surface area contributed by atoms with Crippen LogP contribution in [0.3, 0.4) is 0 Å². The summed E-state index contributed by atoms with van der Waals surface area (Å²) in [5.74, 6) is 5.68. The fourth-order valence-corrected chi connectivity index (χ4v) is 2.48. The summed E-state index contributed by atoms with van der Waals surface area (Å²) in [5, 5.41) is 0. The Morgan fingerprint density at radius 1 is 1.39 bits per heavy atom. The molecule has 1 aromatic heterocycles. The lowest BCUT2D eigenvalue weighted by molar-refractivity contribution is 0.548. The minimum absolute atomic E-state index is 0.0994. The number of benzene rings is 1. The number of nitrogens with one attached hydrogen (secondary N) is 1. The van der Waals surface area contributed by atoms with Gasteiger partial charge in [-0.15, -0.1) is 0 Å².